The Hall–Kier alpha value is -2.50. The first-order valence-corrected chi connectivity index (χ1v) is 8.62. The van der Waals surface area contributed by atoms with E-state index in [-0.39, 0.29) is 5.82 Å². The van der Waals surface area contributed by atoms with Crippen LogP contribution in [0.5, 0.6) is 5.75 Å². The molecule has 138 valence electrons. The van der Waals surface area contributed by atoms with Crippen LogP contribution in [0.4, 0.5) is 9.18 Å². The molecule has 2 aromatic rings. The topological polar surface area (TPSA) is 47.6 Å². The van der Waals surface area contributed by atoms with Gasteiger partial charge < -0.3 is 14.8 Å². The lowest BCUT2D eigenvalue weighted by Gasteiger charge is -2.23. The normalized spacial score (nSPS) is 12.3. The minimum atomic E-state index is -0.602. The second kappa shape index (κ2) is 8.26. The summed E-state index contributed by atoms with van der Waals surface area (Å²) in [6.45, 7) is 7.49. The number of hydrogen-bond acceptors (Lipinski definition) is 3. The van der Waals surface area contributed by atoms with Gasteiger partial charge in [0.15, 0.2) is 0 Å². The van der Waals surface area contributed by atoms with Crippen molar-refractivity contribution < 1.29 is 18.7 Å². The van der Waals surface area contributed by atoms with Gasteiger partial charge in [0.2, 0.25) is 0 Å². The van der Waals surface area contributed by atoms with Crippen molar-refractivity contribution in [2.75, 3.05) is 0 Å². The van der Waals surface area contributed by atoms with Crippen LogP contribution in [0, 0.1) is 5.82 Å². The number of nitrogens with one attached hydrogen (secondary N) is 1. The Morgan fingerprint density at radius 3 is 2.50 bits per heavy atom. The SMILES string of the molecule is Bc1cc(OCc2ccccc2)c(C(C)NC(=O)OC(C)(C)C)cc1F. The van der Waals surface area contributed by atoms with Crippen LogP contribution >= 0.6 is 0 Å². The third-order valence-corrected chi connectivity index (χ3v) is 3.73. The van der Waals surface area contributed by atoms with Crippen LogP contribution < -0.4 is 15.5 Å². The monoisotopic (exact) mass is 357 g/mol. The van der Waals surface area contributed by atoms with E-state index >= 15 is 0 Å². The largest absolute Gasteiger partial charge is 0.489 e. The maximum atomic E-state index is 14.1. The number of hydrogen-bond donors (Lipinski definition) is 1. The summed E-state index contributed by atoms with van der Waals surface area (Å²) in [5, 5.41) is 2.73. The van der Waals surface area contributed by atoms with Crippen LogP contribution in [-0.2, 0) is 11.3 Å². The number of benzene rings is 2. The molecule has 1 amide bonds. The number of amides is 1. The van der Waals surface area contributed by atoms with Crippen LogP contribution in [-0.4, -0.2) is 19.5 Å². The van der Waals surface area contributed by atoms with Crippen molar-refractivity contribution in [2.45, 2.75) is 45.9 Å². The number of alkyl carbamates (subject to hydrolysis) is 1. The van der Waals surface area contributed by atoms with Gasteiger partial charge in [-0.25, -0.2) is 9.18 Å². The average molecular weight is 357 g/mol. The number of halogens is 1. The van der Waals surface area contributed by atoms with Gasteiger partial charge in [-0.2, -0.15) is 0 Å². The molecule has 2 aromatic carbocycles. The van der Waals surface area contributed by atoms with Crippen molar-refractivity contribution in [1.82, 2.24) is 5.32 Å². The third-order valence-electron chi connectivity index (χ3n) is 3.73. The minimum Gasteiger partial charge on any atom is -0.489 e. The van der Waals surface area contributed by atoms with E-state index < -0.39 is 17.7 Å². The van der Waals surface area contributed by atoms with Gasteiger partial charge in [0, 0.05) is 5.56 Å². The van der Waals surface area contributed by atoms with Crippen molar-refractivity contribution in [1.29, 1.82) is 0 Å². The van der Waals surface area contributed by atoms with Crippen molar-refractivity contribution in [3.05, 3.63) is 59.4 Å². The molecule has 0 aliphatic carbocycles. The zero-order valence-corrected chi connectivity index (χ0v) is 15.9. The van der Waals surface area contributed by atoms with E-state index in [1.165, 1.54) is 6.07 Å². The molecule has 0 saturated carbocycles. The Bertz CT molecular complexity index is 760. The smallest absolute Gasteiger partial charge is 0.408 e. The van der Waals surface area contributed by atoms with Crippen LogP contribution in [0.25, 0.3) is 0 Å². The van der Waals surface area contributed by atoms with E-state index in [0.29, 0.717) is 23.4 Å². The van der Waals surface area contributed by atoms with Crippen molar-refractivity contribution >= 4 is 19.4 Å². The lowest BCUT2D eigenvalue weighted by atomic mass is 9.92. The Labute approximate surface area is 155 Å². The standard InChI is InChI=1S/C20H25BFNO3/c1-13(23-19(24)26-20(2,3)4)15-10-17(22)16(21)11-18(15)25-12-14-8-6-5-7-9-14/h5-11,13H,12,21H2,1-4H3,(H,23,24). The van der Waals surface area contributed by atoms with E-state index in [9.17, 15) is 9.18 Å². The molecule has 0 aliphatic rings. The summed E-state index contributed by atoms with van der Waals surface area (Å²) < 4.78 is 25.3. The van der Waals surface area contributed by atoms with Gasteiger partial charge in [0.1, 0.15) is 31.6 Å². The second-order valence-electron chi connectivity index (χ2n) is 7.28. The van der Waals surface area contributed by atoms with Crippen molar-refractivity contribution in [3.63, 3.8) is 0 Å². The van der Waals surface area contributed by atoms with Crippen LogP contribution in [0.1, 0.15) is 44.9 Å². The highest BCUT2D eigenvalue weighted by atomic mass is 19.1. The summed E-state index contributed by atoms with van der Waals surface area (Å²) in [6.07, 6.45) is -0.556. The molecular weight excluding hydrogens is 332 g/mol. The predicted octanol–water partition coefficient (Wildman–Crippen LogP) is 3.25. The van der Waals surface area contributed by atoms with Gasteiger partial charge in [0.25, 0.3) is 0 Å². The number of ether oxygens (including phenoxy) is 2. The second-order valence-corrected chi connectivity index (χ2v) is 7.28. The highest BCUT2D eigenvalue weighted by molar-refractivity contribution is 6.32. The number of carbonyl (C=O) groups excluding carboxylic acids is 1. The van der Waals surface area contributed by atoms with Crippen LogP contribution in [0.3, 0.4) is 0 Å². The Morgan fingerprint density at radius 2 is 1.88 bits per heavy atom. The first-order valence-electron chi connectivity index (χ1n) is 8.62. The predicted molar refractivity (Wildman–Crippen MR) is 103 cm³/mol. The fraction of sp³-hybridized carbons (Fsp3) is 0.350. The fourth-order valence-corrected chi connectivity index (χ4v) is 2.43. The molecule has 26 heavy (non-hydrogen) atoms. The fourth-order valence-electron chi connectivity index (χ4n) is 2.43. The van der Waals surface area contributed by atoms with E-state index in [1.807, 2.05) is 30.3 Å². The average Bonchev–Trinajstić information content (AvgIpc) is 2.54. The van der Waals surface area contributed by atoms with E-state index in [2.05, 4.69) is 5.32 Å². The van der Waals surface area contributed by atoms with E-state index in [1.54, 1.807) is 41.6 Å². The van der Waals surface area contributed by atoms with E-state index in [4.69, 9.17) is 9.47 Å². The Balaban J connectivity index is 2.17. The van der Waals surface area contributed by atoms with Gasteiger partial charge in [-0.05, 0) is 45.4 Å². The summed E-state index contributed by atoms with van der Waals surface area (Å²) in [4.78, 5) is 12.0. The van der Waals surface area contributed by atoms with Crippen LogP contribution in [0.15, 0.2) is 42.5 Å². The zero-order chi connectivity index (χ0) is 19.3. The molecule has 0 saturated heterocycles. The lowest BCUT2D eigenvalue weighted by molar-refractivity contribution is 0.0507. The summed E-state index contributed by atoms with van der Waals surface area (Å²) in [6, 6.07) is 12.3. The Morgan fingerprint density at radius 1 is 1.23 bits per heavy atom. The molecule has 1 N–H and O–H groups in total. The molecule has 0 spiro atoms. The first kappa shape index (κ1) is 19.8. The molecule has 2 rings (SSSR count). The molecule has 0 bridgehead atoms. The molecule has 0 fully saturated rings. The molecule has 1 unspecified atom stereocenters. The number of carbonyl (C=O) groups is 1. The molecule has 0 radical (unpaired) electrons. The highest BCUT2D eigenvalue weighted by Crippen LogP contribution is 2.26. The quantitative estimate of drug-likeness (QED) is 0.836. The van der Waals surface area contributed by atoms with Gasteiger partial charge in [-0.3, -0.25) is 0 Å². The molecule has 0 aliphatic heterocycles. The molecule has 4 nitrogen and oxygen atoms in total. The maximum absolute atomic E-state index is 14.1. The highest BCUT2D eigenvalue weighted by Gasteiger charge is 2.21. The number of rotatable bonds is 5. The third kappa shape index (κ3) is 5.79. The molecule has 6 heteroatoms. The van der Waals surface area contributed by atoms with Gasteiger partial charge in [-0.1, -0.05) is 35.8 Å². The summed E-state index contributed by atoms with van der Waals surface area (Å²) in [5.41, 5.74) is 1.46. The molecule has 0 aromatic heterocycles. The zero-order valence-electron chi connectivity index (χ0n) is 15.9. The maximum Gasteiger partial charge on any atom is 0.408 e. The van der Waals surface area contributed by atoms with Crippen molar-refractivity contribution in [2.24, 2.45) is 0 Å². The minimum absolute atomic E-state index is 0.343. The molecular formula is C20H25BFNO3. The van der Waals surface area contributed by atoms with Crippen molar-refractivity contribution in [3.8, 4) is 5.75 Å². The van der Waals surface area contributed by atoms with Gasteiger partial charge in [0.05, 0.1) is 6.04 Å². The van der Waals surface area contributed by atoms with Gasteiger partial charge >= 0.3 is 6.09 Å². The lowest BCUT2D eigenvalue weighted by Crippen LogP contribution is -2.34. The Kier molecular flexibility index (Phi) is 6.30. The summed E-state index contributed by atoms with van der Waals surface area (Å²) >= 11 is 0. The van der Waals surface area contributed by atoms with E-state index in [0.717, 1.165) is 5.56 Å². The summed E-state index contributed by atoms with van der Waals surface area (Å²) in [7, 11) is 1.68. The van der Waals surface area contributed by atoms with Crippen LogP contribution in [0.2, 0.25) is 0 Å². The first-order chi connectivity index (χ1) is 12.2. The molecule has 1 atom stereocenters. The van der Waals surface area contributed by atoms with Gasteiger partial charge in [-0.15, -0.1) is 0 Å². The molecule has 0 heterocycles. The summed E-state index contributed by atoms with van der Waals surface area (Å²) in [5.74, 6) is 0.196.